The molecule has 1 fully saturated rings. The number of nitrogens with two attached hydrogens (primary N) is 1. The summed E-state index contributed by atoms with van der Waals surface area (Å²) in [5.41, 5.74) is 7.10. The highest BCUT2D eigenvalue weighted by Crippen LogP contribution is 2.43. The van der Waals surface area contributed by atoms with Crippen LogP contribution in [0.5, 0.6) is 11.5 Å². The van der Waals surface area contributed by atoms with Crippen molar-refractivity contribution >= 4 is 11.6 Å². The molecule has 1 atom stereocenters. The Morgan fingerprint density at radius 2 is 2.21 bits per heavy atom. The molecule has 1 aromatic carbocycles. The summed E-state index contributed by atoms with van der Waals surface area (Å²) >= 11 is 6.25. The van der Waals surface area contributed by atoms with Crippen LogP contribution in [0.1, 0.15) is 31.4 Å². The summed E-state index contributed by atoms with van der Waals surface area (Å²) in [6, 6.07) is 4.83. The van der Waals surface area contributed by atoms with Crippen LogP contribution in [-0.4, -0.2) is 30.8 Å². The molecule has 2 N–H and O–H groups in total. The molecule has 0 aromatic heterocycles. The summed E-state index contributed by atoms with van der Waals surface area (Å²) in [5.74, 6) is 1.38. The molecule has 1 heterocycles. The molecule has 104 valence electrons. The number of nitrogens with zero attached hydrogens (tertiary/aromatic N) is 1. The van der Waals surface area contributed by atoms with E-state index in [0.717, 1.165) is 17.9 Å². The molecule has 0 radical (unpaired) electrons. The number of ether oxygens (including phenoxy) is 2. The molecular weight excluding hydrogens is 264 g/mol. The van der Waals surface area contributed by atoms with Gasteiger partial charge in [0.05, 0.1) is 5.02 Å². The molecule has 1 aromatic rings. The van der Waals surface area contributed by atoms with Gasteiger partial charge in [-0.3, -0.25) is 4.90 Å². The van der Waals surface area contributed by atoms with Crippen molar-refractivity contribution in [3.63, 3.8) is 0 Å². The van der Waals surface area contributed by atoms with Crippen molar-refractivity contribution in [2.45, 2.75) is 31.8 Å². The van der Waals surface area contributed by atoms with Gasteiger partial charge in [-0.2, -0.15) is 0 Å². The number of likely N-dealkylation sites (N-methyl/N-ethyl adjacent to an activating group) is 1. The van der Waals surface area contributed by atoms with E-state index in [1.165, 1.54) is 12.8 Å². The standard InChI is InChI=1S/C14H19ClN2O2/c1-2-17(10-3-4-10)12(7-16)9-5-11(15)14-13(6-9)18-8-19-14/h5-6,10,12H,2-4,7-8,16H2,1H3. The second-order valence-electron chi connectivity index (χ2n) is 5.05. The first-order chi connectivity index (χ1) is 9.24. The van der Waals surface area contributed by atoms with Gasteiger partial charge in [0.2, 0.25) is 6.79 Å². The van der Waals surface area contributed by atoms with Gasteiger partial charge in [0.25, 0.3) is 0 Å². The molecule has 1 aliphatic carbocycles. The first-order valence-electron chi connectivity index (χ1n) is 6.79. The van der Waals surface area contributed by atoms with E-state index in [2.05, 4.69) is 11.8 Å². The van der Waals surface area contributed by atoms with Crippen LogP contribution in [0.2, 0.25) is 5.02 Å². The Hall–Kier alpha value is -0.970. The van der Waals surface area contributed by atoms with E-state index in [1.54, 1.807) is 0 Å². The van der Waals surface area contributed by atoms with E-state index in [-0.39, 0.29) is 12.8 Å². The Balaban J connectivity index is 1.92. The second-order valence-corrected chi connectivity index (χ2v) is 5.46. The zero-order valence-corrected chi connectivity index (χ0v) is 11.8. The van der Waals surface area contributed by atoms with Crippen molar-refractivity contribution in [3.05, 3.63) is 22.7 Å². The van der Waals surface area contributed by atoms with Crippen LogP contribution < -0.4 is 15.2 Å². The first-order valence-corrected chi connectivity index (χ1v) is 7.17. The number of benzene rings is 1. The Labute approximate surface area is 118 Å². The van der Waals surface area contributed by atoms with Gasteiger partial charge >= 0.3 is 0 Å². The van der Waals surface area contributed by atoms with Gasteiger partial charge in [-0.05, 0) is 37.1 Å². The van der Waals surface area contributed by atoms with E-state index >= 15 is 0 Å². The average Bonchev–Trinajstić information content (AvgIpc) is 3.12. The second kappa shape index (κ2) is 5.19. The Morgan fingerprint density at radius 1 is 1.42 bits per heavy atom. The fourth-order valence-corrected chi connectivity index (χ4v) is 3.06. The maximum Gasteiger partial charge on any atom is 0.231 e. The van der Waals surface area contributed by atoms with Gasteiger partial charge in [-0.25, -0.2) is 0 Å². The topological polar surface area (TPSA) is 47.7 Å². The number of halogens is 1. The zero-order chi connectivity index (χ0) is 13.4. The van der Waals surface area contributed by atoms with Crippen molar-refractivity contribution in [3.8, 4) is 11.5 Å². The summed E-state index contributed by atoms with van der Waals surface area (Å²) in [7, 11) is 0. The highest BCUT2D eigenvalue weighted by molar-refractivity contribution is 6.32. The molecule has 0 spiro atoms. The summed E-state index contributed by atoms with van der Waals surface area (Å²) in [5, 5.41) is 0.607. The van der Waals surface area contributed by atoms with Crippen molar-refractivity contribution in [2.75, 3.05) is 19.9 Å². The minimum atomic E-state index is 0.199. The molecule has 1 unspecified atom stereocenters. The molecule has 5 heteroatoms. The SMILES string of the molecule is CCN(C1CC1)C(CN)c1cc(Cl)c2c(c1)OCO2. The summed E-state index contributed by atoms with van der Waals surface area (Å²) in [6.07, 6.45) is 2.53. The largest absolute Gasteiger partial charge is 0.454 e. The lowest BCUT2D eigenvalue weighted by atomic mass is 10.0. The number of fused-ring (bicyclic) bond motifs is 1. The molecule has 19 heavy (non-hydrogen) atoms. The van der Waals surface area contributed by atoms with Gasteiger partial charge < -0.3 is 15.2 Å². The van der Waals surface area contributed by atoms with Gasteiger partial charge in [0.1, 0.15) is 0 Å². The lowest BCUT2D eigenvalue weighted by Gasteiger charge is -2.30. The van der Waals surface area contributed by atoms with Crippen LogP contribution in [-0.2, 0) is 0 Å². The predicted molar refractivity (Wildman–Crippen MR) is 74.8 cm³/mol. The van der Waals surface area contributed by atoms with Gasteiger partial charge in [0, 0.05) is 18.6 Å². The maximum atomic E-state index is 6.25. The fraction of sp³-hybridized carbons (Fsp3) is 0.571. The quantitative estimate of drug-likeness (QED) is 0.902. The highest BCUT2D eigenvalue weighted by Gasteiger charge is 2.33. The highest BCUT2D eigenvalue weighted by atomic mass is 35.5. The smallest absolute Gasteiger partial charge is 0.231 e. The molecule has 4 nitrogen and oxygen atoms in total. The van der Waals surface area contributed by atoms with Crippen LogP contribution in [0.25, 0.3) is 0 Å². The normalized spacial score (nSPS) is 18.9. The third kappa shape index (κ3) is 2.40. The number of rotatable bonds is 5. The lowest BCUT2D eigenvalue weighted by molar-refractivity contribution is 0.173. The number of hydrogen-bond donors (Lipinski definition) is 1. The molecule has 0 saturated heterocycles. The monoisotopic (exact) mass is 282 g/mol. The minimum absolute atomic E-state index is 0.199. The van der Waals surface area contributed by atoms with Crippen LogP contribution in [0.15, 0.2) is 12.1 Å². The van der Waals surface area contributed by atoms with Crippen LogP contribution in [0, 0.1) is 0 Å². The van der Waals surface area contributed by atoms with Crippen LogP contribution in [0.3, 0.4) is 0 Å². The van der Waals surface area contributed by atoms with Crippen molar-refractivity contribution < 1.29 is 9.47 Å². The Morgan fingerprint density at radius 3 is 2.84 bits per heavy atom. The minimum Gasteiger partial charge on any atom is -0.454 e. The molecular formula is C14H19ClN2O2. The first kappa shape index (κ1) is 13.0. The van der Waals surface area contributed by atoms with E-state index in [4.69, 9.17) is 26.8 Å². The lowest BCUT2D eigenvalue weighted by Crippen LogP contribution is -2.35. The Bertz CT molecular complexity index is 477. The third-order valence-electron chi connectivity index (χ3n) is 3.84. The molecule has 1 saturated carbocycles. The average molecular weight is 283 g/mol. The van der Waals surface area contributed by atoms with E-state index in [9.17, 15) is 0 Å². The predicted octanol–water partition coefficient (Wildman–Crippen LogP) is 2.55. The maximum absolute atomic E-state index is 6.25. The van der Waals surface area contributed by atoms with Crippen molar-refractivity contribution in [1.29, 1.82) is 0 Å². The van der Waals surface area contributed by atoms with Crippen molar-refractivity contribution in [1.82, 2.24) is 4.90 Å². The van der Waals surface area contributed by atoms with Crippen molar-refractivity contribution in [2.24, 2.45) is 5.73 Å². The summed E-state index contributed by atoms with van der Waals surface area (Å²) < 4.78 is 10.8. The van der Waals surface area contributed by atoms with E-state index in [1.807, 2.05) is 12.1 Å². The fourth-order valence-electron chi connectivity index (χ4n) is 2.78. The van der Waals surface area contributed by atoms with E-state index < -0.39 is 0 Å². The summed E-state index contributed by atoms with van der Waals surface area (Å²) in [6.45, 7) is 4.00. The Kier molecular flexibility index (Phi) is 3.56. The zero-order valence-electron chi connectivity index (χ0n) is 11.1. The van der Waals surface area contributed by atoms with Crippen LogP contribution >= 0.6 is 11.6 Å². The molecule has 2 aliphatic rings. The van der Waals surface area contributed by atoms with Gasteiger partial charge in [-0.1, -0.05) is 18.5 Å². The summed E-state index contributed by atoms with van der Waals surface area (Å²) in [4.78, 5) is 2.45. The third-order valence-corrected chi connectivity index (χ3v) is 4.12. The van der Waals surface area contributed by atoms with Crippen LogP contribution in [0.4, 0.5) is 0 Å². The molecule has 3 rings (SSSR count). The molecule has 0 bridgehead atoms. The molecule has 1 aliphatic heterocycles. The van der Waals surface area contributed by atoms with Gasteiger partial charge in [-0.15, -0.1) is 0 Å². The van der Waals surface area contributed by atoms with E-state index in [0.29, 0.717) is 23.4 Å². The van der Waals surface area contributed by atoms with Gasteiger partial charge in [0.15, 0.2) is 11.5 Å². The number of hydrogen-bond acceptors (Lipinski definition) is 4. The molecule has 0 amide bonds.